The van der Waals surface area contributed by atoms with Crippen LogP contribution in [0.15, 0.2) is 0 Å². The molecule has 0 saturated carbocycles. The monoisotopic (exact) mass is 360 g/mol. The topological polar surface area (TPSA) is 0 Å². The first-order valence-electron chi connectivity index (χ1n) is 0. The third-order valence-corrected chi connectivity index (χ3v) is 0. The average molecular weight is 361 g/mol. The molecule has 0 aromatic carbocycles. The predicted octanol–water partition coefficient (Wildman–Crippen LogP) is -1.15. The van der Waals surface area contributed by atoms with Gasteiger partial charge in [-0.2, -0.15) is 0 Å². The second-order valence-corrected chi connectivity index (χ2v) is 0. The molecule has 0 saturated heterocycles. The van der Waals surface area contributed by atoms with E-state index in [1.807, 2.05) is 0 Å². The minimum Gasteiger partial charge on any atom is 0 e. The summed E-state index contributed by atoms with van der Waals surface area (Å²) < 4.78 is 0. The molecule has 0 unspecified atom stereocenters. The van der Waals surface area contributed by atoms with Gasteiger partial charge >= 0.3 is 0 Å². The molecular formula is BBiSiTiZn. The number of rotatable bonds is 0. The van der Waals surface area contributed by atoms with E-state index in [2.05, 4.69) is 0 Å². The summed E-state index contributed by atoms with van der Waals surface area (Å²) >= 11 is 0. The van der Waals surface area contributed by atoms with E-state index in [0.717, 1.165) is 0 Å². The van der Waals surface area contributed by atoms with Crippen LogP contribution in [0.4, 0.5) is 0 Å². The Kier molecular flexibility index (Phi) is 318. The maximum atomic E-state index is 0. The summed E-state index contributed by atoms with van der Waals surface area (Å²) in [7, 11) is 0. The summed E-state index contributed by atoms with van der Waals surface area (Å²) in [5.41, 5.74) is 0. The van der Waals surface area contributed by atoms with Gasteiger partial charge in [-0.1, -0.05) is 0 Å². The van der Waals surface area contributed by atoms with Crippen LogP contribution in [0, 0.1) is 0 Å². The van der Waals surface area contributed by atoms with Gasteiger partial charge in [0.25, 0.3) is 0 Å². The first-order valence-corrected chi connectivity index (χ1v) is 0. The van der Waals surface area contributed by atoms with Crippen LogP contribution >= 0.6 is 0 Å². The average Bonchev–Trinajstić information content (AvgIpc) is 0. The van der Waals surface area contributed by atoms with Gasteiger partial charge in [-0.3, -0.25) is 0 Å². The van der Waals surface area contributed by atoms with Crippen molar-refractivity contribution < 1.29 is 41.2 Å². The van der Waals surface area contributed by atoms with Crippen molar-refractivity contribution in [1.82, 2.24) is 0 Å². The molecule has 0 atom stereocenters. The molecule has 0 heterocycles. The fraction of sp³-hybridized carbons (Fsp3) is 0. The molecule has 5 heteroatoms. The molecule has 18 valence electrons. The molecule has 0 nitrogen and oxygen atoms in total. The largest absolute Gasteiger partial charge is 0 e. The van der Waals surface area contributed by atoms with Crippen LogP contribution in [0.25, 0.3) is 0 Å². The normalized spacial score (nSPS) is 0. The van der Waals surface area contributed by atoms with Gasteiger partial charge in [-0.25, -0.2) is 0 Å². The zero-order chi connectivity index (χ0) is 0. The van der Waals surface area contributed by atoms with E-state index in [-0.39, 0.29) is 86.8 Å². The van der Waals surface area contributed by atoms with Gasteiger partial charge in [0.1, 0.15) is 0 Å². The van der Waals surface area contributed by atoms with Crippen molar-refractivity contribution in [3.8, 4) is 0 Å². The summed E-state index contributed by atoms with van der Waals surface area (Å²) in [5.74, 6) is 0. The quantitative estimate of drug-likeness (QED) is 0.479. The Balaban J connectivity index is 0. The van der Waals surface area contributed by atoms with Crippen LogP contribution in [-0.4, -0.2) is 45.6 Å². The van der Waals surface area contributed by atoms with Gasteiger partial charge in [-0.15, -0.1) is 0 Å². The van der Waals surface area contributed by atoms with Crippen molar-refractivity contribution >= 4 is 45.6 Å². The Morgan fingerprint density at radius 2 is 1.00 bits per heavy atom. The van der Waals surface area contributed by atoms with E-state index >= 15 is 0 Å². The van der Waals surface area contributed by atoms with E-state index in [0.29, 0.717) is 0 Å². The smallest absolute Gasteiger partial charge is 0 e. The van der Waals surface area contributed by atoms with Crippen LogP contribution in [-0.2, 0) is 41.2 Å². The molecule has 0 fully saturated rings. The predicted molar refractivity (Wildman–Crippen MR) is 17.3 cm³/mol. The molecule has 0 aliphatic rings. The molecule has 5 heavy (non-hydrogen) atoms. The summed E-state index contributed by atoms with van der Waals surface area (Å²) in [6, 6.07) is 0. The molecule has 0 spiro atoms. The molecule has 0 amide bonds. The molecule has 0 aromatic heterocycles. The molecule has 0 aliphatic carbocycles. The van der Waals surface area contributed by atoms with Gasteiger partial charge < -0.3 is 0 Å². The molecule has 0 rings (SSSR count). The van der Waals surface area contributed by atoms with Gasteiger partial charge in [0.15, 0.2) is 0 Å². The third-order valence-electron chi connectivity index (χ3n) is 0. The Labute approximate surface area is 85.6 Å². The van der Waals surface area contributed by atoms with E-state index in [1.165, 1.54) is 0 Å². The van der Waals surface area contributed by atoms with Gasteiger partial charge in [0.05, 0.1) is 0 Å². The molecular weight excluding hydrogens is 361 g/mol. The Morgan fingerprint density at radius 3 is 1.00 bits per heavy atom. The van der Waals surface area contributed by atoms with E-state index in [4.69, 9.17) is 0 Å². The van der Waals surface area contributed by atoms with Crippen molar-refractivity contribution in [2.45, 2.75) is 0 Å². The fourth-order valence-electron chi connectivity index (χ4n) is 0. The van der Waals surface area contributed by atoms with Crippen molar-refractivity contribution in [3.63, 3.8) is 0 Å². The van der Waals surface area contributed by atoms with Crippen LogP contribution in [0.2, 0.25) is 0 Å². The summed E-state index contributed by atoms with van der Waals surface area (Å²) in [5, 5.41) is 0. The van der Waals surface area contributed by atoms with Crippen LogP contribution in [0.1, 0.15) is 0 Å². The first kappa shape index (κ1) is 50.7. The fourth-order valence-corrected chi connectivity index (χ4v) is 0. The molecule has 0 aromatic rings. The van der Waals surface area contributed by atoms with Gasteiger partial charge in [-0.05, 0) is 0 Å². The maximum absolute atomic E-state index is 0. The SMILES string of the molecule is [B].[Bi].[Si].[Ti].[Zn]. The Bertz CT molecular complexity index is 11.6. The standard InChI is InChI=1S/B.Bi.Si.Ti.Zn. The van der Waals surface area contributed by atoms with Gasteiger partial charge in [0.2, 0.25) is 0 Å². The van der Waals surface area contributed by atoms with Crippen LogP contribution in [0.5, 0.6) is 0 Å². The van der Waals surface area contributed by atoms with Crippen LogP contribution < -0.4 is 0 Å². The van der Waals surface area contributed by atoms with Crippen molar-refractivity contribution in [3.05, 3.63) is 0 Å². The number of hydrogen-bond acceptors (Lipinski definition) is 0. The zero-order valence-electron chi connectivity index (χ0n) is 2.73. The van der Waals surface area contributed by atoms with Crippen molar-refractivity contribution in [2.75, 3.05) is 0 Å². The molecule has 10 radical (unpaired) electrons. The minimum atomic E-state index is 0. The Hall–Kier alpha value is 2.50. The Morgan fingerprint density at radius 1 is 1.00 bits per heavy atom. The number of hydrogen-bond donors (Lipinski definition) is 0. The minimum absolute atomic E-state index is 0. The van der Waals surface area contributed by atoms with Crippen molar-refractivity contribution in [1.29, 1.82) is 0 Å². The maximum Gasteiger partial charge on any atom is 0 e. The second kappa shape index (κ2) is 31.4. The summed E-state index contributed by atoms with van der Waals surface area (Å²) in [6.07, 6.45) is 0. The third kappa shape index (κ3) is 21.0. The molecule has 0 aliphatic heterocycles. The van der Waals surface area contributed by atoms with E-state index < -0.39 is 0 Å². The molecule has 0 bridgehead atoms. The van der Waals surface area contributed by atoms with E-state index in [1.54, 1.807) is 0 Å². The zero-order valence-corrected chi connectivity index (χ0v) is 11.7. The van der Waals surface area contributed by atoms with Gasteiger partial charge in [0, 0.05) is 86.8 Å². The second-order valence-electron chi connectivity index (χ2n) is 0. The summed E-state index contributed by atoms with van der Waals surface area (Å²) in [4.78, 5) is 0. The summed E-state index contributed by atoms with van der Waals surface area (Å²) in [6.45, 7) is 0. The first-order chi connectivity index (χ1) is 0. The van der Waals surface area contributed by atoms with E-state index in [9.17, 15) is 0 Å². The van der Waals surface area contributed by atoms with Crippen LogP contribution in [0.3, 0.4) is 0 Å². The van der Waals surface area contributed by atoms with Crippen molar-refractivity contribution in [2.24, 2.45) is 0 Å². The molecule has 0 N–H and O–H groups in total.